The average Bonchev–Trinajstić information content (AvgIpc) is 3.13. The van der Waals surface area contributed by atoms with Crippen LogP contribution in [-0.4, -0.2) is 46.7 Å². The lowest BCUT2D eigenvalue weighted by Gasteiger charge is -2.28. The van der Waals surface area contributed by atoms with Gasteiger partial charge >= 0.3 is 0 Å². The molecule has 2 aromatic heterocycles. The number of aryl methyl sites for hydroxylation is 1. The summed E-state index contributed by atoms with van der Waals surface area (Å²) in [6.07, 6.45) is 5.05. The molecule has 0 aliphatic carbocycles. The van der Waals surface area contributed by atoms with Crippen molar-refractivity contribution < 1.29 is 13.2 Å². The van der Waals surface area contributed by atoms with Gasteiger partial charge in [0.15, 0.2) is 5.84 Å². The Morgan fingerprint density at radius 3 is 2.67 bits per heavy atom. The first-order chi connectivity index (χ1) is 15.9. The van der Waals surface area contributed by atoms with Gasteiger partial charge in [0.05, 0.1) is 33.6 Å². The van der Waals surface area contributed by atoms with E-state index in [0.717, 1.165) is 33.1 Å². The smallest absolute Gasteiger partial charge is 0.259 e. The van der Waals surface area contributed by atoms with Gasteiger partial charge in [-0.05, 0) is 31.2 Å². The minimum atomic E-state index is -3.61. The second kappa shape index (κ2) is 7.01. The molecule has 4 heterocycles. The summed E-state index contributed by atoms with van der Waals surface area (Å²) in [5.74, 6) is 0.450. The Morgan fingerprint density at radius 2 is 1.82 bits per heavy atom. The van der Waals surface area contributed by atoms with Gasteiger partial charge in [-0.1, -0.05) is 36.4 Å². The molecule has 0 unspecified atom stereocenters. The molecule has 2 aromatic carbocycles. The van der Waals surface area contributed by atoms with Crippen molar-refractivity contribution in [2.24, 2.45) is 4.40 Å². The van der Waals surface area contributed by atoms with Gasteiger partial charge in [0.25, 0.3) is 15.9 Å². The minimum absolute atomic E-state index is 0.0806. The molecular formula is C24H19N5O3S. The summed E-state index contributed by atoms with van der Waals surface area (Å²) in [6.45, 7) is 2.20. The van der Waals surface area contributed by atoms with Crippen LogP contribution in [0.25, 0.3) is 27.3 Å². The highest BCUT2D eigenvalue weighted by Crippen LogP contribution is 2.36. The number of amides is 1. The Balaban J connectivity index is 1.56. The summed E-state index contributed by atoms with van der Waals surface area (Å²) >= 11 is 0. The fourth-order valence-corrected chi connectivity index (χ4v) is 5.51. The predicted molar refractivity (Wildman–Crippen MR) is 129 cm³/mol. The van der Waals surface area contributed by atoms with Crippen LogP contribution in [0.5, 0.6) is 0 Å². The monoisotopic (exact) mass is 457 g/mol. The van der Waals surface area contributed by atoms with E-state index in [0.29, 0.717) is 5.69 Å². The highest BCUT2D eigenvalue weighted by atomic mass is 32.2. The van der Waals surface area contributed by atoms with E-state index >= 15 is 0 Å². The molecule has 4 aromatic rings. The van der Waals surface area contributed by atoms with Crippen LogP contribution in [-0.2, 0) is 14.8 Å². The SMILES string of the molecule is Cc1nc2ccccc2c2c(NC(=O)C3=CC=CN4CCS(=O)(=O)N=C34)c3ccccc3n12. The summed E-state index contributed by atoms with van der Waals surface area (Å²) in [5.41, 5.74) is 3.46. The number of hydrogen-bond donors (Lipinski definition) is 1. The Bertz CT molecular complexity index is 1700. The number of benzene rings is 2. The molecule has 6 rings (SSSR count). The van der Waals surface area contributed by atoms with Crippen LogP contribution in [0.15, 0.2) is 76.9 Å². The largest absolute Gasteiger partial charge is 0.331 e. The molecule has 2 aliphatic heterocycles. The van der Waals surface area contributed by atoms with Crippen LogP contribution >= 0.6 is 0 Å². The summed E-state index contributed by atoms with van der Waals surface area (Å²) in [5, 5.41) is 4.84. The molecule has 0 bridgehead atoms. The number of nitrogens with zero attached hydrogens (tertiary/aromatic N) is 4. The van der Waals surface area contributed by atoms with Crippen LogP contribution in [0.3, 0.4) is 0 Å². The summed E-state index contributed by atoms with van der Waals surface area (Å²) < 4.78 is 30.1. The normalized spacial score (nSPS) is 17.2. The number of sulfonamides is 1. The summed E-state index contributed by atoms with van der Waals surface area (Å²) in [6, 6.07) is 15.6. The number of anilines is 1. The van der Waals surface area contributed by atoms with Crippen molar-refractivity contribution >= 4 is 54.8 Å². The van der Waals surface area contributed by atoms with Crippen molar-refractivity contribution in [1.29, 1.82) is 0 Å². The fourth-order valence-electron chi connectivity index (χ4n) is 4.53. The number of amidine groups is 1. The van der Waals surface area contributed by atoms with E-state index in [-0.39, 0.29) is 23.7 Å². The van der Waals surface area contributed by atoms with E-state index in [1.807, 2.05) is 59.9 Å². The standard InChI is InChI=1S/C24H19N5O3S/c1-15-25-19-10-4-2-7-16(19)22-21(17-8-3-5-11-20(17)29(15)22)26-24(30)18-9-6-12-28-13-14-33(31,32)27-23(18)28/h2-12H,13-14H2,1H3,(H,26,30). The predicted octanol–water partition coefficient (Wildman–Crippen LogP) is 3.39. The zero-order valence-corrected chi connectivity index (χ0v) is 18.5. The Labute approximate surface area is 189 Å². The molecule has 8 nitrogen and oxygen atoms in total. The van der Waals surface area contributed by atoms with Crippen molar-refractivity contribution in [3.8, 4) is 0 Å². The molecule has 0 atom stereocenters. The third kappa shape index (κ3) is 3.04. The van der Waals surface area contributed by atoms with Crippen LogP contribution in [0, 0.1) is 6.92 Å². The van der Waals surface area contributed by atoms with Crippen molar-refractivity contribution in [3.63, 3.8) is 0 Å². The van der Waals surface area contributed by atoms with Gasteiger partial charge in [0.2, 0.25) is 0 Å². The van der Waals surface area contributed by atoms with Crippen LogP contribution in [0.1, 0.15) is 5.82 Å². The van der Waals surface area contributed by atoms with Crippen molar-refractivity contribution in [3.05, 3.63) is 78.3 Å². The highest BCUT2D eigenvalue weighted by Gasteiger charge is 2.31. The third-order valence-corrected chi connectivity index (χ3v) is 7.13. The van der Waals surface area contributed by atoms with E-state index in [9.17, 15) is 13.2 Å². The summed E-state index contributed by atoms with van der Waals surface area (Å²) in [7, 11) is -3.61. The minimum Gasteiger partial charge on any atom is -0.331 e. The third-order valence-electron chi connectivity index (χ3n) is 5.98. The van der Waals surface area contributed by atoms with Crippen LogP contribution in [0.2, 0.25) is 0 Å². The van der Waals surface area contributed by atoms with Crippen molar-refractivity contribution in [1.82, 2.24) is 14.3 Å². The van der Waals surface area contributed by atoms with E-state index in [1.165, 1.54) is 0 Å². The van der Waals surface area contributed by atoms with Gasteiger partial charge < -0.3 is 10.2 Å². The maximum Gasteiger partial charge on any atom is 0.259 e. The van der Waals surface area contributed by atoms with Gasteiger partial charge in [-0.2, -0.15) is 0 Å². The first kappa shape index (κ1) is 19.7. The molecule has 0 saturated carbocycles. The van der Waals surface area contributed by atoms with Gasteiger partial charge in [0, 0.05) is 23.5 Å². The van der Waals surface area contributed by atoms with E-state index in [1.54, 1.807) is 23.3 Å². The second-order valence-corrected chi connectivity index (χ2v) is 9.78. The van der Waals surface area contributed by atoms with Crippen LogP contribution < -0.4 is 5.32 Å². The van der Waals surface area contributed by atoms with Gasteiger partial charge in [-0.25, -0.2) is 13.4 Å². The zero-order chi connectivity index (χ0) is 22.7. The van der Waals surface area contributed by atoms with Gasteiger partial charge in [-0.15, -0.1) is 4.40 Å². The lowest BCUT2D eigenvalue weighted by molar-refractivity contribution is -0.112. The van der Waals surface area contributed by atoms with E-state index in [4.69, 9.17) is 4.98 Å². The number of aromatic nitrogens is 2. The Hall–Kier alpha value is -3.98. The number of hydrogen-bond acceptors (Lipinski definition) is 5. The lowest BCUT2D eigenvalue weighted by atomic mass is 10.1. The molecule has 1 amide bonds. The van der Waals surface area contributed by atoms with E-state index < -0.39 is 15.9 Å². The zero-order valence-electron chi connectivity index (χ0n) is 17.7. The lowest BCUT2D eigenvalue weighted by Crippen LogP contribution is -2.40. The molecule has 1 N–H and O–H groups in total. The maximum atomic E-state index is 13.5. The quantitative estimate of drug-likeness (QED) is 0.498. The van der Waals surface area contributed by atoms with Crippen molar-refractivity contribution in [2.75, 3.05) is 17.6 Å². The van der Waals surface area contributed by atoms with Crippen LogP contribution in [0.4, 0.5) is 5.69 Å². The number of fused-ring (bicyclic) bond motifs is 6. The Morgan fingerprint density at radius 1 is 1.06 bits per heavy atom. The molecule has 0 fully saturated rings. The fraction of sp³-hybridized carbons (Fsp3) is 0.125. The molecule has 0 radical (unpaired) electrons. The van der Waals surface area contributed by atoms with E-state index in [2.05, 4.69) is 9.71 Å². The first-order valence-corrected chi connectivity index (χ1v) is 12.1. The molecular weight excluding hydrogens is 438 g/mol. The molecule has 164 valence electrons. The molecule has 0 spiro atoms. The first-order valence-electron chi connectivity index (χ1n) is 10.5. The molecule has 0 saturated heterocycles. The number of carbonyl (C=O) groups is 1. The molecule has 2 aliphatic rings. The Kier molecular flexibility index (Phi) is 4.18. The maximum absolute atomic E-state index is 13.5. The highest BCUT2D eigenvalue weighted by molar-refractivity contribution is 7.90. The number of nitrogens with one attached hydrogen (secondary N) is 1. The molecule has 33 heavy (non-hydrogen) atoms. The van der Waals surface area contributed by atoms with Gasteiger partial charge in [-0.3, -0.25) is 9.20 Å². The second-order valence-electron chi connectivity index (χ2n) is 8.02. The average molecular weight is 458 g/mol. The van der Waals surface area contributed by atoms with Crippen molar-refractivity contribution in [2.45, 2.75) is 6.92 Å². The number of rotatable bonds is 2. The molecule has 9 heteroatoms. The van der Waals surface area contributed by atoms with Gasteiger partial charge in [0.1, 0.15) is 5.82 Å². The number of allylic oxidation sites excluding steroid dienone is 2. The number of para-hydroxylation sites is 2. The topological polar surface area (TPSA) is 96.1 Å². The summed E-state index contributed by atoms with van der Waals surface area (Å²) in [4.78, 5) is 19.9. The number of carbonyl (C=O) groups excluding carboxylic acids is 1.